The van der Waals surface area contributed by atoms with E-state index in [0.717, 1.165) is 69.3 Å². The van der Waals surface area contributed by atoms with Crippen LogP contribution < -0.4 is 10.2 Å². The standard InChI is InChI=1S/C21H35N5O2/c1-4-22-21(25(3)9-11-27-16-18-5-6-18)24-14-19-7-8-23-20(13-19)26-10-12-28-17(2)15-26/h7-8,13,17-18H,4-6,9-12,14-16H2,1-3H3,(H,22,24). The number of guanidine groups is 1. The number of aliphatic imine (C=N–C) groups is 1. The molecule has 1 aliphatic carbocycles. The Bertz CT molecular complexity index is 635. The number of rotatable bonds is 9. The van der Waals surface area contributed by atoms with E-state index < -0.39 is 0 Å². The van der Waals surface area contributed by atoms with Gasteiger partial charge in [-0.25, -0.2) is 9.98 Å². The van der Waals surface area contributed by atoms with Gasteiger partial charge in [0, 0.05) is 46.0 Å². The van der Waals surface area contributed by atoms with Crippen LogP contribution in [0.3, 0.4) is 0 Å². The molecular formula is C21H35N5O2. The smallest absolute Gasteiger partial charge is 0.194 e. The fraction of sp³-hybridized carbons (Fsp3) is 0.714. The summed E-state index contributed by atoms with van der Waals surface area (Å²) in [6.07, 6.45) is 4.78. The second-order valence-corrected chi connectivity index (χ2v) is 7.76. The van der Waals surface area contributed by atoms with Gasteiger partial charge in [0.05, 0.1) is 25.9 Å². The molecule has 2 fully saturated rings. The van der Waals surface area contributed by atoms with Crippen molar-refractivity contribution in [2.75, 3.05) is 57.9 Å². The third kappa shape index (κ3) is 6.63. The quantitative estimate of drug-likeness (QED) is 0.397. The fourth-order valence-corrected chi connectivity index (χ4v) is 3.24. The molecule has 7 nitrogen and oxygen atoms in total. The maximum atomic E-state index is 5.76. The lowest BCUT2D eigenvalue weighted by Crippen LogP contribution is -2.41. The predicted octanol–water partition coefficient (Wildman–Crippen LogP) is 2.13. The third-order valence-corrected chi connectivity index (χ3v) is 5.10. The van der Waals surface area contributed by atoms with Crippen molar-refractivity contribution in [3.05, 3.63) is 23.9 Å². The van der Waals surface area contributed by atoms with Crippen molar-refractivity contribution in [1.82, 2.24) is 15.2 Å². The molecule has 0 amide bonds. The van der Waals surface area contributed by atoms with Gasteiger partial charge in [-0.1, -0.05) is 0 Å². The van der Waals surface area contributed by atoms with E-state index in [-0.39, 0.29) is 6.10 Å². The summed E-state index contributed by atoms with van der Waals surface area (Å²) in [5, 5.41) is 3.38. The van der Waals surface area contributed by atoms with Crippen molar-refractivity contribution in [1.29, 1.82) is 0 Å². The van der Waals surface area contributed by atoms with Crippen molar-refractivity contribution >= 4 is 11.8 Å². The van der Waals surface area contributed by atoms with Crippen LogP contribution in [-0.2, 0) is 16.0 Å². The topological polar surface area (TPSA) is 62.2 Å². The van der Waals surface area contributed by atoms with E-state index in [1.165, 1.54) is 12.8 Å². The normalized spacial score (nSPS) is 20.3. The first kappa shape index (κ1) is 20.9. The van der Waals surface area contributed by atoms with Crippen LogP contribution in [0.5, 0.6) is 0 Å². The molecule has 1 aromatic heterocycles. The molecule has 0 spiro atoms. The number of pyridine rings is 1. The minimum absolute atomic E-state index is 0.244. The molecule has 1 aliphatic heterocycles. The van der Waals surface area contributed by atoms with Crippen LogP contribution in [0.15, 0.2) is 23.3 Å². The third-order valence-electron chi connectivity index (χ3n) is 5.10. The van der Waals surface area contributed by atoms with Crippen LogP contribution in [0.2, 0.25) is 0 Å². The molecule has 1 saturated carbocycles. The second kappa shape index (κ2) is 10.6. The molecule has 0 radical (unpaired) electrons. The van der Waals surface area contributed by atoms with E-state index in [0.29, 0.717) is 6.54 Å². The van der Waals surface area contributed by atoms with Gasteiger partial charge in [-0.05, 0) is 50.3 Å². The molecule has 1 N–H and O–H groups in total. The molecule has 28 heavy (non-hydrogen) atoms. The zero-order valence-corrected chi connectivity index (χ0v) is 17.6. The molecule has 1 atom stereocenters. The molecule has 0 bridgehead atoms. The lowest BCUT2D eigenvalue weighted by molar-refractivity contribution is 0.0529. The summed E-state index contributed by atoms with van der Waals surface area (Å²) in [6.45, 7) is 10.7. The van der Waals surface area contributed by atoms with Crippen molar-refractivity contribution in [3.63, 3.8) is 0 Å². The summed E-state index contributed by atoms with van der Waals surface area (Å²) in [5.74, 6) is 2.73. The maximum absolute atomic E-state index is 5.76. The molecular weight excluding hydrogens is 354 g/mol. The van der Waals surface area contributed by atoms with Crippen molar-refractivity contribution < 1.29 is 9.47 Å². The van der Waals surface area contributed by atoms with Crippen molar-refractivity contribution in [3.8, 4) is 0 Å². The average molecular weight is 390 g/mol. The van der Waals surface area contributed by atoms with E-state index >= 15 is 0 Å². The SMILES string of the molecule is CCNC(=NCc1ccnc(N2CCOC(C)C2)c1)N(C)CCOCC1CC1. The van der Waals surface area contributed by atoms with Crippen LogP contribution in [-0.4, -0.2) is 75.0 Å². The molecule has 3 rings (SSSR count). The van der Waals surface area contributed by atoms with Gasteiger partial charge in [0.15, 0.2) is 5.96 Å². The summed E-state index contributed by atoms with van der Waals surface area (Å²) in [5.41, 5.74) is 1.16. The highest BCUT2D eigenvalue weighted by Gasteiger charge is 2.21. The number of aromatic nitrogens is 1. The predicted molar refractivity (Wildman–Crippen MR) is 113 cm³/mol. The summed E-state index contributed by atoms with van der Waals surface area (Å²) < 4.78 is 11.4. The Morgan fingerprint density at radius 3 is 3.07 bits per heavy atom. The number of nitrogens with zero attached hydrogens (tertiary/aromatic N) is 4. The van der Waals surface area contributed by atoms with E-state index in [1.807, 2.05) is 12.3 Å². The number of hydrogen-bond donors (Lipinski definition) is 1. The van der Waals surface area contributed by atoms with Crippen LogP contribution in [0.4, 0.5) is 5.82 Å². The molecule has 1 saturated heterocycles. The van der Waals surface area contributed by atoms with Gasteiger partial charge in [0.2, 0.25) is 0 Å². The Morgan fingerprint density at radius 1 is 1.46 bits per heavy atom. The monoisotopic (exact) mass is 389 g/mol. The summed E-state index contributed by atoms with van der Waals surface area (Å²) in [7, 11) is 2.06. The van der Waals surface area contributed by atoms with E-state index in [4.69, 9.17) is 14.5 Å². The number of ether oxygens (including phenoxy) is 2. The maximum Gasteiger partial charge on any atom is 0.194 e. The first-order valence-electron chi connectivity index (χ1n) is 10.5. The molecule has 156 valence electrons. The lowest BCUT2D eigenvalue weighted by atomic mass is 10.2. The Balaban J connectivity index is 1.54. The molecule has 2 heterocycles. The summed E-state index contributed by atoms with van der Waals surface area (Å²) in [4.78, 5) is 13.8. The highest BCUT2D eigenvalue weighted by Crippen LogP contribution is 2.28. The van der Waals surface area contributed by atoms with Gasteiger partial charge in [0.25, 0.3) is 0 Å². The zero-order chi connectivity index (χ0) is 19.8. The summed E-state index contributed by atoms with van der Waals surface area (Å²) in [6, 6.07) is 4.18. The molecule has 7 heteroatoms. The van der Waals surface area contributed by atoms with Crippen molar-refractivity contribution in [2.45, 2.75) is 39.3 Å². The number of anilines is 1. The Morgan fingerprint density at radius 2 is 2.32 bits per heavy atom. The summed E-state index contributed by atoms with van der Waals surface area (Å²) >= 11 is 0. The number of nitrogens with one attached hydrogen (secondary N) is 1. The number of hydrogen-bond acceptors (Lipinski definition) is 5. The largest absolute Gasteiger partial charge is 0.379 e. The van der Waals surface area contributed by atoms with Crippen molar-refractivity contribution in [2.24, 2.45) is 10.9 Å². The molecule has 1 aromatic rings. The van der Waals surface area contributed by atoms with Crippen LogP contribution in [0, 0.1) is 5.92 Å². The number of likely N-dealkylation sites (N-methyl/N-ethyl adjacent to an activating group) is 1. The highest BCUT2D eigenvalue weighted by molar-refractivity contribution is 5.79. The first-order valence-corrected chi connectivity index (χ1v) is 10.5. The number of morpholine rings is 1. The van der Waals surface area contributed by atoms with Crippen LogP contribution in [0.25, 0.3) is 0 Å². The Hall–Kier alpha value is -1.86. The van der Waals surface area contributed by atoms with E-state index in [9.17, 15) is 0 Å². The fourth-order valence-electron chi connectivity index (χ4n) is 3.24. The molecule has 1 unspecified atom stereocenters. The van der Waals surface area contributed by atoms with Crippen LogP contribution >= 0.6 is 0 Å². The van der Waals surface area contributed by atoms with Gasteiger partial charge < -0.3 is 24.6 Å². The minimum Gasteiger partial charge on any atom is -0.379 e. The molecule has 0 aromatic carbocycles. The van der Waals surface area contributed by atoms with Crippen LogP contribution in [0.1, 0.15) is 32.3 Å². The zero-order valence-electron chi connectivity index (χ0n) is 17.6. The highest BCUT2D eigenvalue weighted by atomic mass is 16.5. The van der Waals surface area contributed by atoms with Gasteiger partial charge >= 0.3 is 0 Å². The average Bonchev–Trinajstić information content (AvgIpc) is 3.53. The second-order valence-electron chi connectivity index (χ2n) is 7.76. The first-order chi connectivity index (χ1) is 13.7. The van der Waals surface area contributed by atoms with Gasteiger partial charge in [0.1, 0.15) is 5.82 Å². The van der Waals surface area contributed by atoms with Gasteiger partial charge in [-0.3, -0.25) is 0 Å². The minimum atomic E-state index is 0.244. The lowest BCUT2D eigenvalue weighted by Gasteiger charge is -2.32. The van der Waals surface area contributed by atoms with Gasteiger partial charge in [-0.15, -0.1) is 0 Å². The Labute approximate surface area is 169 Å². The molecule has 2 aliphatic rings. The van der Waals surface area contributed by atoms with E-state index in [2.05, 4.69) is 47.1 Å². The van der Waals surface area contributed by atoms with E-state index in [1.54, 1.807) is 0 Å². The Kier molecular flexibility index (Phi) is 7.91. The van der Waals surface area contributed by atoms with Gasteiger partial charge in [-0.2, -0.15) is 0 Å².